The topological polar surface area (TPSA) is 41.5 Å². The van der Waals surface area contributed by atoms with Gasteiger partial charge >= 0.3 is 0 Å². The molecule has 18 heavy (non-hydrogen) atoms. The lowest BCUT2D eigenvalue weighted by atomic mass is 10.1. The molecule has 0 unspecified atom stereocenters. The van der Waals surface area contributed by atoms with E-state index >= 15 is 0 Å². The van der Waals surface area contributed by atoms with E-state index in [0.29, 0.717) is 6.42 Å². The summed E-state index contributed by atoms with van der Waals surface area (Å²) < 4.78 is 0. The number of hydrazone groups is 1. The summed E-state index contributed by atoms with van der Waals surface area (Å²) in [6.45, 7) is 2.16. The SMILES string of the molecule is CCCCCCC(=O)N/N=C/Cc1ccccc1. The van der Waals surface area contributed by atoms with Crippen LogP contribution >= 0.6 is 0 Å². The first-order chi connectivity index (χ1) is 8.83. The largest absolute Gasteiger partial charge is 0.273 e. The fraction of sp³-hybridized carbons (Fsp3) is 0.467. The quantitative estimate of drug-likeness (QED) is 0.427. The smallest absolute Gasteiger partial charge is 0.240 e. The summed E-state index contributed by atoms with van der Waals surface area (Å²) in [5.74, 6) is 0.00964. The van der Waals surface area contributed by atoms with Gasteiger partial charge in [0.25, 0.3) is 0 Å². The standard InChI is InChI=1S/C15H22N2O/c1-2-3-4-8-11-15(18)17-16-13-12-14-9-6-5-7-10-14/h5-7,9-10,13H,2-4,8,11-12H2,1H3,(H,17,18)/b16-13+. The fourth-order valence-corrected chi connectivity index (χ4v) is 1.65. The summed E-state index contributed by atoms with van der Waals surface area (Å²) in [5, 5.41) is 3.94. The van der Waals surface area contributed by atoms with Gasteiger partial charge in [-0.15, -0.1) is 0 Å². The molecule has 0 aromatic heterocycles. The first-order valence-corrected chi connectivity index (χ1v) is 6.67. The second-order valence-corrected chi connectivity index (χ2v) is 4.35. The molecule has 3 heteroatoms. The van der Waals surface area contributed by atoms with Gasteiger partial charge in [0.15, 0.2) is 0 Å². The predicted molar refractivity (Wildman–Crippen MR) is 75.5 cm³/mol. The number of unbranched alkanes of at least 4 members (excludes halogenated alkanes) is 3. The molecule has 0 heterocycles. The van der Waals surface area contributed by atoms with E-state index in [1.807, 2.05) is 30.3 Å². The maximum Gasteiger partial charge on any atom is 0.240 e. The molecule has 0 saturated carbocycles. The molecular weight excluding hydrogens is 224 g/mol. The molecule has 1 rings (SSSR count). The Kier molecular flexibility index (Phi) is 7.53. The Morgan fingerprint density at radius 3 is 2.72 bits per heavy atom. The number of nitrogens with one attached hydrogen (secondary N) is 1. The van der Waals surface area contributed by atoms with Crippen molar-refractivity contribution in [2.24, 2.45) is 5.10 Å². The molecule has 0 atom stereocenters. The zero-order valence-corrected chi connectivity index (χ0v) is 11.1. The maximum absolute atomic E-state index is 11.4. The number of nitrogens with zero attached hydrogens (tertiary/aromatic N) is 1. The molecule has 1 N–H and O–H groups in total. The summed E-state index contributed by atoms with van der Waals surface area (Å²) >= 11 is 0. The van der Waals surface area contributed by atoms with Crippen LogP contribution in [0.1, 0.15) is 44.6 Å². The highest BCUT2D eigenvalue weighted by Gasteiger charge is 1.98. The number of carbonyl (C=O) groups excluding carboxylic acids is 1. The van der Waals surface area contributed by atoms with Crippen LogP contribution in [0.4, 0.5) is 0 Å². The van der Waals surface area contributed by atoms with Gasteiger partial charge in [-0.2, -0.15) is 5.10 Å². The Labute approximate surface area is 109 Å². The Bertz CT molecular complexity index is 360. The predicted octanol–water partition coefficient (Wildman–Crippen LogP) is 3.30. The summed E-state index contributed by atoms with van der Waals surface area (Å²) in [7, 11) is 0. The van der Waals surface area contributed by atoms with E-state index in [4.69, 9.17) is 0 Å². The zero-order chi connectivity index (χ0) is 13.1. The van der Waals surface area contributed by atoms with Crippen LogP contribution in [-0.4, -0.2) is 12.1 Å². The van der Waals surface area contributed by atoms with Crippen LogP contribution in [0.15, 0.2) is 35.4 Å². The minimum atomic E-state index is 0.00964. The molecule has 0 spiro atoms. The fourth-order valence-electron chi connectivity index (χ4n) is 1.65. The summed E-state index contributed by atoms with van der Waals surface area (Å²) in [6.07, 6.45) is 7.52. The molecule has 1 aromatic carbocycles. The summed E-state index contributed by atoms with van der Waals surface area (Å²) in [5.41, 5.74) is 3.75. The van der Waals surface area contributed by atoms with E-state index in [-0.39, 0.29) is 5.91 Å². The monoisotopic (exact) mass is 246 g/mol. The molecule has 0 radical (unpaired) electrons. The molecule has 98 valence electrons. The molecular formula is C15H22N2O. The average Bonchev–Trinajstić information content (AvgIpc) is 2.41. The third kappa shape index (κ3) is 6.84. The Morgan fingerprint density at radius 1 is 1.22 bits per heavy atom. The molecule has 0 saturated heterocycles. The molecule has 0 fully saturated rings. The lowest BCUT2D eigenvalue weighted by molar-refractivity contribution is -0.121. The number of hydrogen-bond donors (Lipinski definition) is 1. The van der Waals surface area contributed by atoms with Crippen molar-refractivity contribution in [3.05, 3.63) is 35.9 Å². The molecule has 3 nitrogen and oxygen atoms in total. The van der Waals surface area contributed by atoms with Crippen molar-refractivity contribution in [3.8, 4) is 0 Å². The van der Waals surface area contributed by atoms with Crippen LogP contribution in [0.3, 0.4) is 0 Å². The van der Waals surface area contributed by atoms with Crippen LogP contribution in [0.2, 0.25) is 0 Å². The van der Waals surface area contributed by atoms with Crippen LogP contribution in [0.5, 0.6) is 0 Å². The van der Waals surface area contributed by atoms with Crippen molar-refractivity contribution in [1.29, 1.82) is 0 Å². The maximum atomic E-state index is 11.4. The summed E-state index contributed by atoms with van der Waals surface area (Å²) in [6, 6.07) is 10.1. The van der Waals surface area contributed by atoms with Crippen LogP contribution < -0.4 is 5.43 Å². The van der Waals surface area contributed by atoms with Crippen molar-refractivity contribution in [2.75, 3.05) is 0 Å². The normalized spacial score (nSPS) is 10.7. The van der Waals surface area contributed by atoms with Gasteiger partial charge < -0.3 is 0 Å². The van der Waals surface area contributed by atoms with E-state index in [9.17, 15) is 4.79 Å². The van der Waals surface area contributed by atoms with Gasteiger partial charge in [-0.25, -0.2) is 5.43 Å². The minimum Gasteiger partial charge on any atom is -0.273 e. The van der Waals surface area contributed by atoms with Gasteiger partial charge in [-0.1, -0.05) is 56.5 Å². The Hall–Kier alpha value is -1.64. The first kappa shape index (κ1) is 14.4. The van der Waals surface area contributed by atoms with Crippen molar-refractivity contribution < 1.29 is 4.79 Å². The number of carbonyl (C=O) groups is 1. The van der Waals surface area contributed by atoms with E-state index in [2.05, 4.69) is 17.5 Å². The molecule has 0 aliphatic carbocycles. The number of benzene rings is 1. The Balaban J connectivity index is 2.10. The van der Waals surface area contributed by atoms with Gasteiger partial charge in [0.05, 0.1) is 0 Å². The third-order valence-electron chi connectivity index (χ3n) is 2.71. The molecule has 0 aliphatic heterocycles. The van der Waals surface area contributed by atoms with E-state index < -0.39 is 0 Å². The highest BCUT2D eigenvalue weighted by atomic mass is 16.2. The van der Waals surface area contributed by atoms with Gasteiger partial charge in [-0.05, 0) is 12.0 Å². The third-order valence-corrected chi connectivity index (χ3v) is 2.71. The van der Waals surface area contributed by atoms with Crippen LogP contribution in [0, 0.1) is 0 Å². The first-order valence-electron chi connectivity index (χ1n) is 6.67. The van der Waals surface area contributed by atoms with E-state index in [0.717, 1.165) is 19.3 Å². The van der Waals surface area contributed by atoms with Crippen molar-refractivity contribution >= 4 is 12.1 Å². The van der Waals surface area contributed by atoms with Crippen LogP contribution in [0.25, 0.3) is 0 Å². The number of amides is 1. The van der Waals surface area contributed by atoms with Gasteiger partial charge in [-0.3, -0.25) is 4.79 Å². The summed E-state index contributed by atoms with van der Waals surface area (Å²) in [4.78, 5) is 11.4. The molecule has 0 bridgehead atoms. The van der Waals surface area contributed by atoms with Crippen LogP contribution in [-0.2, 0) is 11.2 Å². The van der Waals surface area contributed by atoms with Crippen molar-refractivity contribution in [3.63, 3.8) is 0 Å². The highest BCUT2D eigenvalue weighted by Crippen LogP contribution is 2.02. The lowest BCUT2D eigenvalue weighted by Gasteiger charge is -1.99. The zero-order valence-electron chi connectivity index (χ0n) is 11.1. The number of rotatable bonds is 8. The number of hydrogen-bond acceptors (Lipinski definition) is 2. The molecule has 0 aliphatic rings. The minimum absolute atomic E-state index is 0.00964. The highest BCUT2D eigenvalue weighted by molar-refractivity contribution is 5.76. The van der Waals surface area contributed by atoms with Crippen molar-refractivity contribution in [1.82, 2.24) is 5.43 Å². The molecule has 1 aromatic rings. The lowest BCUT2D eigenvalue weighted by Crippen LogP contribution is -2.17. The second kappa shape index (κ2) is 9.40. The second-order valence-electron chi connectivity index (χ2n) is 4.35. The van der Waals surface area contributed by atoms with E-state index in [1.54, 1.807) is 6.21 Å². The van der Waals surface area contributed by atoms with Gasteiger partial charge in [0.2, 0.25) is 5.91 Å². The van der Waals surface area contributed by atoms with Gasteiger partial charge in [0.1, 0.15) is 0 Å². The Morgan fingerprint density at radius 2 is 2.00 bits per heavy atom. The molecule has 1 amide bonds. The van der Waals surface area contributed by atoms with Gasteiger partial charge in [0, 0.05) is 19.1 Å². The van der Waals surface area contributed by atoms with E-state index in [1.165, 1.54) is 18.4 Å². The van der Waals surface area contributed by atoms with Crippen molar-refractivity contribution in [2.45, 2.75) is 45.4 Å². The average molecular weight is 246 g/mol.